The van der Waals surface area contributed by atoms with Crippen molar-refractivity contribution in [1.82, 2.24) is 14.6 Å². The molecule has 5 heteroatoms. The van der Waals surface area contributed by atoms with Crippen molar-refractivity contribution in [3.63, 3.8) is 0 Å². The van der Waals surface area contributed by atoms with E-state index in [0.717, 1.165) is 43.9 Å². The Balaban J connectivity index is 1.80. The Hall–Kier alpha value is -1.62. The summed E-state index contributed by atoms with van der Waals surface area (Å²) in [7, 11) is 0. The molecule has 1 saturated heterocycles. The van der Waals surface area contributed by atoms with Crippen molar-refractivity contribution in [3.05, 3.63) is 24.2 Å². The van der Waals surface area contributed by atoms with Crippen LogP contribution in [-0.4, -0.2) is 32.9 Å². The van der Waals surface area contributed by atoms with Gasteiger partial charge in [-0.15, -0.1) is 0 Å². The summed E-state index contributed by atoms with van der Waals surface area (Å²) in [6, 6.07) is 3.40. The van der Waals surface area contributed by atoms with Crippen LogP contribution in [0.5, 0.6) is 5.75 Å². The molecule has 0 radical (unpaired) electrons. The molecular weight excluding hydrogens is 218 g/mol. The van der Waals surface area contributed by atoms with Crippen LogP contribution in [0.3, 0.4) is 0 Å². The third-order valence-corrected chi connectivity index (χ3v) is 3.17. The average molecular weight is 233 g/mol. The largest absolute Gasteiger partial charge is 0.506 e. The number of rotatable bonds is 2. The fraction of sp³-hybridized carbons (Fsp3) is 0.500. The number of ether oxygens (including phenoxy) is 1. The molecule has 0 bridgehead atoms. The third kappa shape index (κ3) is 2.24. The van der Waals surface area contributed by atoms with Crippen molar-refractivity contribution in [2.45, 2.75) is 19.3 Å². The molecule has 2 aromatic heterocycles. The molecule has 17 heavy (non-hydrogen) atoms. The first-order valence-corrected chi connectivity index (χ1v) is 5.93. The van der Waals surface area contributed by atoms with Crippen molar-refractivity contribution in [1.29, 1.82) is 0 Å². The summed E-state index contributed by atoms with van der Waals surface area (Å²) >= 11 is 0. The molecule has 0 unspecified atom stereocenters. The van der Waals surface area contributed by atoms with E-state index in [0.29, 0.717) is 5.92 Å². The van der Waals surface area contributed by atoms with Crippen LogP contribution in [0.4, 0.5) is 0 Å². The van der Waals surface area contributed by atoms with Gasteiger partial charge in [-0.2, -0.15) is 5.10 Å². The highest BCUT2D eigenvalue weighted by Gasteiger charge is 2.16. The van der Waals surface area contributed by atoms with Crippen molar-refractivity contribution >= 4 is 5.65 Å². The lowest BCUT2D eigenvalue weighted by Crippen LogP contribution is -2.18. The quantitative estimate of drug-likeness (QED) is 0.851. The average Bonchev–Trinajstić information content (AvgIpc) is 2.71. The molecule has 0 aromatic carbocycles. The predicted octanol–water partition coefficient (Wildman–Crippen LogP) is 1.40. The smallest absolute Gasteiger partial charge is 0.155 e. The highest BCUT2D eigenvalue weighted by atomic mass is 16.5. The second-order valence-electron chi connectivity index (χ2n) is 4.48. The Bertz CT molecular complexity index is 517. The lowest BCUT2D eigenvalue weighted by atomic mass is 9.96. The third-order valence-electron chi connectivity index (χ3n) is 3.17. The predicted molar refractivity (Wildman–Crippen MR) is 61.9 cm³/mol. The topological polar surface area (TPSA) is 59.7 Å². The highest BCUT2D eigenvalue weighted by molar-refractivity contribution is 5.40. The van der Waals surface area contributed by atoms with Crippen LogP contribution in [0.2, 0.25) is 0 Å². The van der Waals surface area contributed by atoms with Gasteiger partial charge >= 0.3 is 0 Å². The summed E-state index contributed by atoms with van der Waals surface area (Å²) in [6.45, 7) is 1.69. The number of pyridine rings is 1. The van der Waals surface area contributed by atoms with E-state index in [9.17, 15) is 5.11 Å². The van der Waals surface area contributed by atoms with Crippen LogP contribution in [0.1, 0.15) is 18.7 Å². The Labute approximate surface area is 99.0 Å². The van der Waals surface area contributed by atoms with Gasteiger partial charge in [0.25, 0.3) is 0 Å². The first kappa shape index (κ1) is 10.5. The number of aromatic nitrogens is 3. The van der Waals surface area contributed by atoms with Crippen LogP contribution in [0.15, 0.2) is 18.3 Å². The Morgan fingerprint density at radius 3 is 3.00 bits per heavy atom. The molecule has 1 aliphatic rings. The molecule has 2 aromatic rings. The van der Waals surface area contributed by atoms with Gasteiger partial charge in [-0.1, -0.05) is 0 Å². The fourth-order valence-corrected chi connectivity index (χ4v) is 2.21. The maximum absolute atomic E-state index is 9.36. The molecule has 5 nitrogen and oxygen atoms in total. The van der Waals surface area contributed by atoms with Gasteiger partial charge in [0, 0.05) is 19.6 Å². The molecular formula is C12H15N3O2. The van der Waals surface area contributed by atoms with Crippen LogP contribution < -0.4 is 0 Å². The molecule has 1 aliphatic heterocycles. The van der Waals surface area contributed by atoms with E-state index in [2.05, 4.69) is 10.1 Å². The monoisotopic (exact) mass is 233 g/mol. The fourth-order valence-electron chi connectivity index (χ4n) is 2.21. The minimum Gasteiger partial charge on any atom is -0.506 e. The Kier molecular flexibility index (Phi) is 2.68. The summed E-state index contributed by atoms with van der Waals surface area (Å²) in [4.78, 5) is 4.45. The second kappa shape index (κ2) is 4.33. The summed E-state index contributed by atoms with van der Waals surface area (Å²) in [5.74, 6) is 1.68. The highest BCUT2D eigenvalue weighted by Crippen LogP contribution is 2.19. The SMILES string of the molecule is Oc1ccc2nc(CC3CCOCC3)nn2c1. The number of nitrogens with zero attached hydrogens (tertiary/aromatic N) is 3. The molecule has 1 N–H and O–H groups in total. The number of hydrogen-bond donors (Lipinski definition) is 1. The zero-order valence-corrected chi connectivity index (χ0v) is 9.54. The lowest BCUT2D eigenvalue weighted by Gasteiger charge is -2.20. The molecule has 0 amide bonds. The van der Waals surface area contributed by atoms with Crippen molar-refractivity contribution in [2.24, 2.45) is 5.92 Å². The standard InChI is InChI=1S/C12H15N3O2/c16-10-1-2-12-13-11(14-15(12)8-10)7-9-3-5-17-6-4-9/h1-2,8-9,16H,3-7H2. The number of fused-ring (bicyclic) bond motifs is 1. The molecule has 90 valence electrons. The van der Waals surface area contributed by atoms with Gasteiger partial charge in [-0.3, -0.25) is 0 Å². The van der Waals surface area contributed by atoms with Crippen LogP contribution in [0, 0.1) is 5.92 Å². The van der Waals surface area contributed by atoms with Crippen LogP contribution >= 0.6 is 0 Å². The van der Waals surface area contributed by atoms with E-state index in [1.807, 2.05) is 0 Å². The molecule has 0 aliphatic carbocycles. The van der Waals surface area contributed by atoms with E-state index in [-0.39, 0.29) is 5.75 Å². The zero-order chi connectivity index (χ0) is 11.7. The Morgan fingerprint density at radius 2 is 2.18 bits per heavy atom. The maximum Gasteiger partial charge on any atom is 0.155 e. The Morgan fingerprint density at radius 1 is 1.35 bits per heavy atom. The first-order chi connectivity index (χ1) is 8.31. The molecule has 1 fully saturated rings. The van der Waals surface area contributed by atoms with Crippen LogP contribution in [-0.2, 0) is 11.2 Å². The van der Waals surface area contributed by atoms with Crippen LogP contribution in [0.25, 0.3) is 5.65 Å². The van der Waals surface area contributed by atoms with Gasteiger partial charge in [0.2, 0.25) is 0 Å². The minimum absolute atomic E-state index is 0.208. The molecule has 3 heterocycles. The maximum atomic E-state index is 9.36. The lowest BCUT2D eigenvalue weighted by molar-refractivity contribution is 0.0660. The summed E-state index contributed by atoms with van der Waals surface area (Å²) in [5.41, 5.74) is 0.782. The van der Waals surface area contributed by atoms with E-state index in [1.54, 1.807) is 22.8 Å². The van der Waals surface area contributed by atoms with E-state index in [4.69, 9.17) is 4.74 Å². The van der Waals surface area contributed by atoms with Gasteiger partial charge < -0.3 is 9.84 Å². The summed E-state index contributed by atoms with van der Waals surface area (Å²) < 4.78 is 6.96. The number of hydrogen-bond acceptors (Lipinski definition) is 4. The van der Waals surface area contributed by atoms with Gasteiger partial charge in [0.05, 0.1) is 6.20 Å². The van der Waals surface area contributed by atoms with E-state index in [1.165, 1.54) is 0 Å². The molecule has 0 spiro atoms. The van der Waals surface area contributed by atoms with E-state index < -0.39 is 0 Å². The first-order valence-electron chi connectivity index (χ1n) is 5.93. The van der Waals surface area contributed by atoms with E-state index >= 15 is 0 Å². The summed E-state index contributed by atoms with van der Waals surface area (Å²) in [5, 5.41) is 13.7. The molecule has 3 rings (SSSR count). The van der Waals surface area contributed by atoms with Crippen molar-refractivity contribution in [3.8, 4) is 5.75 Å². The second-order valence-corrected chi connectivity index (χ2v) is 4.48. The molecule has 0 atom stereocenters. The minimum atomic E-state index is 0.208. The zero-order valence-electron chi connectivity index (χ0n) is 9.54. The van der Waals surface area contributed by atoms with Gasteiger partial charge in [0.1, 0.15) is 5.75 Å². The summed E-state index contributed by atoms with van der Waals surface area (Å²) in [6.07, 6.45) is 4.64. The number of aromatic hydroxyl groups is 1. The normalized spacial score (nSPS) is 17.6. The van der Waals surface area contributed by atoms with Crippen molar-refractivity contribution < 1.29 is 9.84 Å². The molecule has 0 saturated carbocycles. The van der Waals surface area contributed by atoms with Gasteiger partial charge in [0.15, 0.2) is 11.5 Å². The van der Waals surface area contributed by atoms with Crippen molar-refractivity contribution in [2.75, 3.05) is 13.2 Å². The van der Waals surface area contributed by atoms with Gasteiger partial charge in [-0.25, -0.2) is 9.50 Å². The van der Waals surface area contributed by atoms with Gasteiger partial charge in [-0.05, 0) is 30.9 Å².